The fourth-order valence-corrected chi connectivity index (χ4v) is 7.46. The van der Waals surface area contributed by atoms with Gasteiger partial charge in [-0.2, -0.15) is 0 Å². The van der Waals surface area contributed by atoms with E-state index in [1.807, 2.05) is 12.1 Å². The monoisotopic (exact) mass is 574 g/mol. The maximum absolute atomic E-state index is 6.31. The molecule has 0 saturated heterocycles. The maximum Gasteiger partial charge on any atom is 0.137 e. The van der Waals surface area contributed by atoms with Crippen molar-refractivity contribution in [3.05, 3.63) is 158 Å². The van der Waals surface area contributed by atoms with Gasteiger partial charge in [0, 0.05) is 32.6 Å². The van der Waals surface area contributed by atoms with E-state index < -0.39 is 0 Å². The normalized spacial score (nSPS) is 12.0. The first-order chi connectivity index (χ1) is 22.3. The van der Waals surface area contributed by atoms with Crippen LogP contribution in [0.1, 0.15) is 0 Å². The van der Waals surface area contributed by atoms with Crippen molar-refractivity contribution in [3.8, 4) is 22.5 Å². The average molecular weight is 575 g/mol. The lowest BCUT2D eigenvalue weighted by molar-refractivity contribution is 0.669. The van der Waals surface area contributed by atoms with Gasteiger partial charge in [-0.3, -0.25) is 0 Å². The van der Waals surface area contributed by atoms with Gasteiger partial charge >= 0.3 is 0 Å². The van der Waals surface area contributed by atoms with Crippen molar-refractivity contribution >= 4 is 65.6 Å². The molecule has 0 N–H and O–H groups in total. The van der Waals surface area contributed by atoms with E-state index in [-0.39, 0.29) is 0 Å². The molecule has 7 aromatic carbocycles. The minimum Gasteiger partial charge on any atom is -0.456 e. The summed E-state index contributed by atoms with van der Waals surface area (Å²) in [4.78, 5) is 0. The van der Waals surface area contributed by atoms with Crippen LogP contribution in [0.15, 0.2) is 162 Å². The van der Waals surface area contributed by atoms with Crippen molar-refractivity contribution < 1.29 is 4.42 Å². The number of fused-ring (bicyclic) bond motifs is 9. The zero-order chi connectivity index (χ0) is 29.5. The van der Waals surface area contributed by atoms with Crippen LogP contribution in [-0.2, 0) is 0 Å². The number of nitrogens with zero attached hydrogens (tertiary/aromatic N) is 2. The van der Waals surface area contributed by atoms with E-state index in [0.717, 1.165) is 33.3 Å². The molecule has 3 heterocycles. The molecule has 210 valence electrons. The number of hydrogen-bond donors (Lipinski definition) is 0. The van der Waals surface area contributed by atoms with E-state index in [0.29, 0.717) is 0 Å². The molecule has 10 rings (SSSR count). The summed E-state index contributed by atoms with van der Waals surface area (Å²) in [7, 11) is 0. The highest BCUT2D eigenvalue weighted by molar-refractivity contribution is 6.19. The molecule has 0 amide bonds. The summed E-state index contributed by atoms with van der Waals surface area (Å²) in [5, 5.41) is 7.26. The molecule has 10 aromatic rings. The van der Waals surface area contributed by atoms with Crippen molar-refractivity contribution in [2.45, 2.75) is 0 Å². The van der Waals surface area contributed by atoms with Crippen molar-refractivity contribution in [2.75, 3.05) is 0 Å². The summed E-state index contributed by atoms with van der Waals surface area (Å²) < 4.78 is 11.1. The van der Waals surface area contributed by atoms with E-state index in [1.54, 1.807) is 0 Å². The second-order valence-electron chi connectivity index (χ2n) is 11.7. The largest absolute Gasteiger partial charge is 0.456 e. The van der Waals surface area contributed by atoms with Gasteiger partial charge in [-0.05, 0) is 65.7 Å². The van der Waals surface area contributed by atoms with Crippen LogP contribution in [0.4, 0.5) is 0 Å². The molecule has 0 saturated carbocycles. The zero-order valence-electron chi connectivity index (χ0n) is 24.3. The van der Waals surface area contributed by atoms with Gasteiger partial charge < -0.3 is 13.6 Å². The summed E-state index contributed by atoms with van der Waals surface area (Å²) in [6, 6.07) is 56.5. The molecule has 0 unspecified atom stereocenters. The Labute approximate surface area is 258 Å². The van der Waals surface area contributed by atoms with Gasteiger partial charge in [0.2, 0.25) is 0 Å². The maximum atomic E-state index is 6.31. The third kappa shape index (κ3) is 3.41. The summed E-state index contributed by atoms with van der Waals surface area (Å²) in [5.41, 5.74) is 11.3. The van der Waals surface area contributed by atoms with Crippen LogP contribution >= 0.6 is 0 Å². The Morgan fingerprint density at radius 2 is 1.02 bits per heavy atom. The van der Waals surface area contributed by atoms with Gasteiger partial charge in [0.25, 0.3) is 0 Å². The predicted molar refractivity (Wildman–Crippen MR) is 188 cm³/mol. The number of rotatable bonds is 3. The summed E-state index contributed by atoms with van der Waals surface area (Å²) >= 11 is 0. The van der Waals surface area contributed by atoms with Crippen molar-refractivity contribution in [2.24, 2.45) is 0 Å². The van der Waals surface area contributed by atoms with Crippen LogP contribution in [0.5, 0.6) is 0 Å². The third-order valence-electron chi connectivity index (χ3n) is 9.32. The van der Waals surface area contributed by atoms with E-state index in [1.165, 1.54) is 54.7 Å². The van der Waals surface area contributed by atoms with Crippen molar-refractivity contribution in [1.82, 2.24) is 9.13 Å². The molecule has 0 aliphatic carbocycles. The Morgan fingerprint density at radius 3 is 1.89 bits per heavy atom. The van der Waals surface area contributed by atoms with Gasteiger partial charge in [-0.15, -0.1) is 0 Å². The molecular weight excluding hydrogens is 548 g/mol. The van der Waals surface area contributed by atoms with E-state index in [4.69, 9.17) is 4.42 Å². The summed E-state index contributed by atoms with van der Waals surface area (Å²) in [5.74, 6) is 0. The Bertz CT molecular complexity index is 2760. The van der Waals surface area contributed by atoms with Gasteiger partial charge in [0.1, 0.15) is 11.2 Å². The number of hydrogen-bond acceptors (Lipinski definition) is 1. The predicted octanol–water partition coefficient (Wildman–Crippen LogP) is 11.4. The van der Waals surface area contributed by atoms with Crippen LogP contribution in [0.25, 0.3) is 88.1 Å². The molecule has 3 nitrogen and oxygen atoms in total. The van der Waals surface area contributed by atoms with Crippen LogP contribution in [-0.4, -0.2) is 9.13 Å². The standard InChI is InChI=1S/C42H26N2O/c1-2-12-28(13-3-1)43-34-18-7-4-14-30(34)31-25-24-27(26-38(31)43)29-17-10-20-36-41(29)32-15-5-8-19-35(32)44(36)37-21-11-23-40-42(37)33-16-6-9-22-39(33)45-40/h1-26H. The first kappa shape index (κ1) is 24.4. The number of furan rings is 1. The minimum absolute atomic E-state index is 0.898. The molecule has 0 spiro atoms. The van der Waals surface area contributed by atoms with E-state index >= 15 is 0 Å². The van der Waals surface area contributed by atoms with E-state index in [2.05, 4.69) is 155 Å². The fraction of sp³-hybridized carbons (Fsp3) is 0. The highest BCUT2D eigenvalue weighted by Gasteiger charge is 2.20. The molecule has 0 aliphatic heterocycles. The number of para-hydroxylation sites is 4. The molecule has 0 fully saturated rings. The van der Waals surface area contributed by atoms with Crippen LogP contribution in [0.2, 0.25) is 0 Å². The van der Waals surface area contributed by atoms with Gasteiger partial charge in [0.05, 0.1) is 33.1 Å². The van der Waals surface area contributed by atoms with Gasteiger partial charge in [0.15, 0.2) is 0 Å². The third-order valence-corrected chi connectivity index (χ3v) is 9.32. The summed E-state index contributed by atoms with van der Waals surface area (Å²) in [6.45, 7) is 0. The SMILES string of the molecule is c1ccc(-n2c3ccccc3c3ccc(-c4cccc5c4c4ccccc4n5-c4cccc5oc6ccccc6c45)cc32)cc1. The second-order valence-corrected chi connectivity index (χ2v) is 11.7. The lowest BCUT2D eigenvalue weighted by Gasteiger charge is -2.11. The van der Waals surface area contributed by atoms with E-state index in [9.17, 15) is 0 Å². The Morgan fingerprint density at radius 1 is 0.378 bits per heavy atom. The lowest BCUT2D eigenvalue weighted by Crippen LogP contribution is -1.95. The lowest BCUT2D eigenvalue weighted by atomic mass is 9.98. The molecule has 3 aromatic heterocycles. The molecule has 0 bridgehead atoms. The Kier molecular flexibility index (Phi) is 5.00. The first-order valence-electron chi connectivity index (χ1n) is 15.4. The summed E-state index contributed by atoms with van der Waals surface area (Å²) in [6.07, 6.45) is 0. The highest BCUT2D eigenvalue weighted by atomic mass is 16.3. The average Bonchev–Trinajstić information content (AvgIpc) is 3.76. The Balaban J connectivity index is 1.29. The van der Waals surface area contributed by atoms with Crippen LogP contribution in [0, 0.1) is 0 Å². The highest BCUT2D eigenvalue weighted by Crippen LogP contribution is 2.43. The minimum atomic E-state index is 0.898. The van der Waals surface area contributed by atoms with Gasteiger partial charge in [-0.1, -0.05) is 103 Å². The quantitative estimate of drug-likeness (QED) is 0.206. The molecule has 0 atom stereocenters. The smallest absolute Gasteiger partial charge is 0.137 e. The first-order valence-corrected chi connectivity index (χ1v) is 15.4. The molecule has 0 radical (unpaired) electrons. The zero-order valence-corrected chi connectivity index (χ0v) is 24.3. The van der Waals surface area contributed by atoms with Crippen LogP contribution < -0.4 is 0 Å². The van der Waals surface area contributed by atoms with Crippen LogP contribution in [0.3, 0.4) is 0 Å². The number of aromatic nitrogens is 2. The fourth-order valence-electron chi connectivity index (χ4n) is 7.46. The Hall–Kier alpha value is -6.06. The second kappa shape index (κ2) is 9.22. The van der Waals surface area contributed by atoms with Crippen molar-refractivity contribution in [1.29, 1.82) is 0 Å². The molecule has 0 aliphatic rings. The number of benzene rings is 7. The topological polar surface area (TPSA) is 23.0 Å². The molecular formula is C42H26N2O. The molecule has 45 heavy (non-hydrogen) atoms. The van der Waals surface area contributed by atoms with Gasteiger partial charge in [-0.25, -0.2) is 0 Å². The van der Waals surface area contributed by atoms with Crippen molar-refractivity contribution in [3.63, 3.8) is 0 Å². The molecule has 3 heteroatoms.